The predicted molar refractivity (Wildman–Crippen MR) is 77.3 cm³/mol. The van der Waals surface area contributed by atoms with Crippen LogP contribution in [0.2, 0.25) is 0 Å². The number of hydrogen-bond acceptors (Lipinski definition) is 1. The summed E-state index contributed by atoms with van der Waals surface area (Å²) < 4.78 is 39.4. The molecule has 2 aromatic rings. The molecule has 0 aliphatic carbocycles. The van der Waals surface area contributed by atoms with Gasteiger partial charge in [-0.15, -0.1) is 0 Å². The molecule has 0 fully saturated rings. The molecule has 2 nitrogen and oxygen atoms in total. The van der Waals surface area contributed by atoms with E-state index in [1.165, 1.54) is 18.2 Å². The maximum atomic E-state index is 13.4. The molecule has 6 heteroatoms. The third-order valence-corrected chi connectivity index (χ3v) is 2.82. The Hall–Kier alpha value is -2.08. The van der Waals surface area contributed by atoms with Gasteiger partial charge in [0.1, 0.15) is 17.5 Å². The number of hydrogen-bond donors (Lipinski definition) is 2. The number of aryl methyl sites for hydroxylation is 1. The van der Waals surface area contributed by atoms with Gasteiger partial charge >= 0.3 is 0 Å². The van der Waals surface area contributed by atoms with E-state index in [0.717, 1.165) is 18.2 Å². The van der Waals surface area contributed by atoms with Crippen molar-refractivity contribution in [1.82, 2.24) is 0 Å². The summed E-state index contributed by atoms with van der Waals surface area (Å²) >= 11 is 5.01. The molecular formula is C14H11F3N2S. The SMILES string of the molecule is Cc1cc(F)ccc1NC(=S)Nc1cc(F)ccc1F. The standard InChI is InChI=1S/C14H11F3N2S/c1-8-6-9(15)3-5-12(8)18-14(20)19-13-7-10(16)2-4-11(13)17/h2-7H,1H3,(H2,18,19,20). The minimum Gasteiger partial charge on any atom is -0.332 e. The van der Waals surface area contributed by atoms with Crippen LogP contribution in [0.1, 0.15) is 5.56 Å². The number of benzene rings is 2. The molecule has 20 heavy (non-hydrogen) atoms. The first-order valence-electron chi connectivity index (χ1n) is 5.75. The van der Waals surface area contributed by atoms with Crippen LogP contribution in [-0.4, -0.2) is 5.11 Å². The van der Waals surface area contributed by atoms with Crippen LogP contribution < -0.4 is 10.6 Å². The second kappa shape index (κ2) is 5.92. The number of thiocarbonyl (C=S) groups is 1. The van der Waals surface area contributed by atoms with E-state index in [0.29, 0.717) is 11.3 Å². The summed E-state index contributed by atoms with van der Waals surface area (Å²) in [5.41, 5.74) is 1.16. The van der Waals surface area contributed by atoms with Crippen molar-refractivity contribution in [3.8, 4) is 0 Å². The van der Waals surface area contributed by atoms with Crippen LogP contribution in [0, 0.1) is 24.4 Å². The first-order chi connectivity index (χ1) is 9.45. The molecule has 0 aromatic heterocycles. The van der Waals surface area contributed by atoms with Gasteiger partial charge < -0.3 is 10.6 Å². The van der Waals surface area contributed by atoms with Crippen molar-refractivity contribution < 1.29 is 13.2 Å². The summed E-state index contributed by atoms with van der Waals surface area (Å²) in [6.45, 7) is 1.71. The first-order valence-corrected chi connectivity index (χ1v) is 6.16. The minimum atomic E-state index is -0.619. The maximum Gasteiger partial charge on any atom is 0.175 e. The summed E-state index contributed by atoms with van der Waals surface area (Å²) in [5, 5.41) is 5.44. The minimum absolute atomic E-state index is 0.0673. The van der Waals surface area contributed by atoms with E-state index in [2.05, 4.69) is 10.6 Å². The van der Waals surface area contributed by atoms with Crippen LogP contribution in [0.4, 0.5) is 24.5 Å². The van der Waals surface area contributed by atoms with E-state index >= 15 is 0 Å². The molecule has 0 atom stereocenters. The van der Waals surface area contributed by atoms with Crippen molar-refractivity contribution in [3.05, 3.63) is 59.4 Å². The zero-order chi connectivity index (χ0) is 14.7. The van der Waals surface area contributed by atoms with Gasteiger partial charge in [-0.1, -0.05) is 0 Å². The Morgan fingerprint density at radius 3 is 2.20 bits per heavy atom. The predicted octanol–water partition coefficient (Wildman–Crippen LogP) is 4.22. The summed E-state index contributed by atoms with van der Waals surface area (Å²) in [4.78, 5) is 0. The van der Waals surface area contributed by atoms with E-state index in [9.17, 15) is 13.2 Å². The van der Waals surface area contributed by atoms with Crippen LogP contribution in [0.25, 0.3) is 0 Å². The van der Waals surface area contributed by atoms with Gasteiger partial charge in [0.05, 0.1) is 5.69 Å². The quantitative estimate of drug-likeness (QED) is 0.811. The molecule has 2 rings (SSSR count). The Balaban J connectivity index is 2.11. The van der Waals surface area contributed by atoms with E-state index in [1.807, 2.05) is 0 Å². The van der Waals surface area contributed by atoms with Gasteiger partial charge in [0.15, 0.2) is 5.11 Å². The fourth-order valence-electron chi connectivity index (χ4n) is 1.64. The van der Waals surface area contributed by atoms with Crippen molar-refractivity contribution in [3.63, 3.8) is 0 Å². The van der Waals surface area contributed by atoms with E-state index in [1.54, 1.807) is 6.92 Å². The van der Waals surface area contributed by atoms with Gasteiger partial charge in [-0.2, -0.15) is 0 Å². The lowest BCUT2D eigenvalue weighted by atomic mass is 10.2. The normalized spacial score (nSPS) is 10.2. The van der Waals surface area contributed by atoms with Crippen molar-refractivity contribution in [2.75, 3.05) is 10.6 Å². The number of nitrogens with one attached hydrogen (secondary N) is 2. The van der Waals surface area contributed by atoms with E-state index < -0.39 is 11.6 Å². The largest absolute Gasteiger partial charge is 0.332 e. The average Bonchev–Trinajstić information content (AvgIpc) is 2.37. The molecule has 0 saturated carbocycles. The zero-order valence-corrected chi connectivity index (χ0v) is 11.3. The Labute approximate surface area is 119 Å². The molecule has 104 valence electrons. The van der Waals surface area contributed by atoms with Gasteiger partial charge in [-0.25, -0.2) is 13.2 Å². The van der Waals surface area contributed by atoms with Crippen molar-refractivity contribution in [2.24, 2.45) is 0 Å². The third kappa shape index (κ3) is 3.48. The molecule has 2 N–H and O–H groups in total. The Morgan fingerprint density at radius 1 is 0.900 bits per heavy atom. The molecule has 0 aliphatic heterocycles. The highest BCUT2D eigenvalue weighted by molar-refractivity contribution is 7.80. The van der Waals surface area contributed by atoms with Crippen molar-refractivity contribution in [1.29, 1.82) is 0 Å². The summed E-state index contributed by atoms with van der Waals surface area (Å²) in [5.74, 6) is -1.55. The molecule has 0 radical (unpaired) electrons. The van der Waals surface area contributed by atoms with Gasteiger partial charge in [0.25, 0.3) is 0 Å². The fourth-order valence-corrected chi connectivity index (χ4v) is 1.86. The van der Waals surface area contributed by atoms with Crippen molar-refractivity contribution >= 4 is 28.7 Å². The fraction of sp³-hybridized carbons (Fsp3) is 0.0714. The monoisotopic (exact) mass is 296 g/mol. The highest BCUT2D eigenvalue weighted by Crippen LogP contribution is 2.18. The summed E-state index contributed by atoms with van der Waals surface area (Å²) in [6, 6.07) is 7.15. The molecule has 0 spiro atoms. The molecule has 0 saturated heterocycles. The van der Waals surface area contributed by atoms with Crippen LogP contribution in [-0.2, 0) is 0 Å². The molecule has 0 bridgehead atoms. The Kier molecular flexibility index (Phi) is 4.24. The number of halogens is 3. The summed E-state index contributed by atoms with van der Waals surface area (Å²) in [7, 11) is 0. The lowest BCUT2D eigenvalue weighted by Crippen LogP contribution is -2.20. The lowest BCUT2D eigenvalue weighted by Gasteiger charge is -2.13. The molecule has 0 heterocycles. The van der Waals surface area contributed by atoms with Crippen molar-refractivity contribution in [2.45, 2.75) is 6.92 Å². The molecule has 0 amide bonds. The zero-order valence-electron chi connectivity index (χ0n) is 10.5. The Morgan fingerprint density at radius 2 is 1.50 bits per heavy atom. The molecule has 2 aromatic carbocycles. The lowest BCUT2D eigenvalue weighted by molar-refractivity contribution is 0.604. The molecular weight excluding hydrogens is 285 g/mol. The second-order valence-corrected chi connectivity index (χ2v) is 4.57. The van der Waals surface area contributed by atoms with Crippen LogP contribution in [0.15, 0.2) is 36.4 Å². The maximum absolute atomic E-state index is 13.4. The smallest absolute Gasteiger partial charge is 0.175 e. The van der Waals surface area contributed by atoms with Crippen LogP contribution >= 0.6 is 12.2 Å². The first kappa shape index (κ1) is 14.3. The van der Waals surface area contributed by atoms with Gasteiger partial charge in [0.2, 0.25) is 0 Å². The average molecular weight is 296 g/mol. The molecule has 0 unspecified atom stereocenters. The third-order valence-electron chi connectivity index (χ3n) is 2.61. The van der Waals surface area contributed by atoms with Gasteiger partial charge in [-0.05, 0) is 55.0 Å². The molecule has 0 aliphatic rings. The topological polar surface area (TPSA) is 24.1 Å². The highest BCUT2D eigenvalue weighted by Gasteiger charge is 2.07. The Bertz CT molecular complexity index is 659. The summed E-state index contributed by atoms with van der Waals surface area (Å²) in [6.07, 6.45) is 0. The van der Waals surface area contributed by atoms with Gasteiger partial charge in [-0.3, -0.25) is 0 Å². The highest BCUT2D eigenvalue weighted by atomic mass is 32.1. The number of anilines is 2. The van der Waals surface area contributed by atoms with Crippen LogP contribution in [0.5, 0.6) is 0 Å². The van der Waals surface area contributed by atoms with Gasteiger partial charge in [0, 0.05) is 11.8 Å². The van der Waals surface area contributed by atoms with Crippen LogP contribution in [0.3, 0.4) is 0 Å². The van der Waals surface area contributed by atoms with E-state index in [-0.39, 0.29) is 16.6 Å². The second-order valence-electron chi connectivity index (χ2n) is 4.16. The number of rotatable bonds is 2. The van der Waals surface area contributed by atoms with E-state index in [4.69, 9.17) is 12.2 Å².